The summed E-state index contributed by atoms with van der Waals surface area (Å²) in [6, 6.07) is 6.02. The zero-order chi connectivity index (χ0) is 16.8. The summed E-state index contributed by atoms with van der Waals surface area (Å²) >= 11 is 0. The number of urea groups is 1. The van der Waals surface area contributed by atoms with Crippen molar-refractivity contribution in [2.75, 3.05) is 11.9 Å². The van der Waals surface area contributed by atoms with E-state index in [1.54, 1.807) is 42.2 Å². The molecule has 2 amide bonds. The van der Waals surface area contributed by atoms with Crippen LogP contribution in [-0.2, 0) is 0 Å². The average molecular weight is 320 g/mol. The van der Waals surface area contributed by atoms with Crippen molar-refractivity contribution in [1.29, 1.82) is 0 Å². The van der Waals surface area contributed by atoms with Crippen LogP contribution in [0.15, 0.2) is 36.7 Å². The molecule has 0 aliphatic rings. The molecule has 1 aromatic heterocycles. The molecule has 0 saturated carbocycles. The van der Waals surface area contributed by atoms with Crippen LogP contribution in [-0.4, -0.2) is 28.5 Å². The lowest BCUT2D eigenvalue weighted by atomic mass is 10.3. The number of ether oxygens (including phenoxy) is 1. The largest absolute Gasteiger partial charge is 0.486 e. The minimum atomic E-state index is -0.426. The Bertz CT molecular complexity index is 657. The van der Waals surface area contributed by atoms with Crippen LogP contribution in [0.4, 0.5) is 14.9 Å². The van der Waals surface area contributed by atoms with E-state index in [1.807, 2.05) is 13.8 Å². The Balaban J connectivity index is 1.78. The number of carbonyl (C=O) groups is 1. The summed E-state index contributed by atoms with van der Waals surface area (Å²) in [5.74, 6) is -0.259. The van der Waals surface area contributed by atoms with E-state index < -0.39 is 5.82 Å². The van der Waals surface area contributed by atoms with Gasteiger partial charge in [-0.1, -0.05) is 12.1 Å². The van der Waals surface area contributed by atoms with E-state index in [4.69, 9.17) is 4.74 Å². The van der Waals surface area contributed by atoms with Crippen molar-refractivity contribution in [2.24, 2.45) is 0 Å². The second-order valence-electron chi connectivity index (χ2n) is 5.50. The molecule has 1 aromatic carbocycles. The van der Waals surface area contributed by atoms with E-state index in [9.17, 15) is 9.18 Å². The molecule has 0 fully saturated rings. The number of rotatable bonds is 6. The first-order valence-corrected chi connectivity index (χ1v) is 7.46. The van der Waals surface area contributed by atoms with E-state index in [0.717, 1.165) is 0 Å². The van der Waals surface area contributed by atoms with Crippen LogP contribution in [0.2, 0.25) is 0 Å². The third-order valence-electron chi connectivity index (χ3n) is 3.10. The molecule has 2 rings (SSSR count). The minimum absolute atomic E-state index is 0.167. The zero-order valence-corrected chi connectivity index (χ0v) is 13.4. The Hall–Kier alpha value is -2.57. The van der Waals surface area contributed by atoms with Gasteiger partial charge in [-0.05, 0) is 32.9 Å². The Morgan fingerprint density at radius 3 is 2.74 bits per heavy atom. The normalized spacial score (nSPS) is 12.0. The van der Waals surface area contributed by atoms with Crippen LogP contribution in [0.5, 0.6) is 5.75 Å². The van der Waals surface area contributed by atoms with E-state index in [2.05, 4.69) is 15.7 Å². The van der Waals surface area contributed by atoms with Gasteiger partial charge in [0.15, 0.2) is 11.6 Å². The molecular formula is C16H21FN4O2. The predicted molar refractivity (Wildman–Crippen MR) is 86.1 cm³/mol. The molecule has 0 unspecified atom stereocenters. The molecule has 0 bridgehead atoms. The minimum Gasteiger partial charge on any atom is -0.486 e. The van der Waals surface area contributed by atoms with Gasteiger partial charge in [0.1, 0.15) is 6.10 Å². The zero-order valence-electron chi connectivity index (χ0n) is 13.4. The van der Waals surface area contributed by atoms with E-state index in [1.165, 1.54) is 6.07 Å². The molecule has 0 saturated heterocycles. The first-order valence-electron chi connectivity index (χ1n) is 7.46. The van der Waals surface area contributed by atoms with E-state index in [-0.39, 0.29) is 30.5 Å². The molecular weight excluding hydrogens is 299 g/mol. The number of hydrogen-bond acceptors (Lipinski definition) is 3. The van der Waals surface area contributed by atoms with Gasteiger partial charge in [0, 0.05) is 12.2 Å². The predicted octanol–water partition coefficient (Wildman–Crippen LogP) is 3.19. The fourth-order valence-electron chi connectivity index (χ4n) is 1.90. The number of benzene rings is 1. The van der Waals surface area contributed by atoms with Gasteiger partial charge in [-0.3, -0.25) is 4.68 Å². The van der Waals surface area contributed by atoms with Gasteiger partial charge >= 0.3 is 6.03 Å². The van der Waals surface area contributed by atoms with E-state index >= 15 is 0 Å². The SMILES string of the molecule is CC(C)n1cc(NC(=O)NC[C@H](C)Oc2ccccc2F)cn1. The maximum Gasteiger partial charge on any atom is 0.319 e. The molecule has 2 aromatic rings. The van der Waals surface area contributed by atoms with Gasteiger partial charge in [-0.15, -0.1) is 0 Å². The van der Waals surface area contributed by atoms with Gasteiger partial charge < -0.3 is 15.4 Å². The maximum absolute atomic E-state index is 13.5. The lowest BCUT2D eigenvalue weighted by molar-refractivity contribution is 0.205. The highest BCUT2D eigenvalue weighted by molar-refractivity contribution is 5.88. The molecule has 0 spiro atoms. The molecule has 2 N–H and O–H groups in total. The molecule has 1 atom stereocenters. The maximum atomic E-state index is 13.5. The second-order valence-corrected chi connectivity index (χ2v) is 5.50. The number of carbonyl (C=O) groups excluding carboxylic acids is 1. The first kappa shape index (κ1) is 16.8. The molecule has 0 aliphatic heterocycles. The smallest absolute Gasteiger partial charge is 0.319 e. The van der Waals surface area contributed by atoms with Crippen LogP contribution < -0.4 is 15.4 Å². The standard InChI is InChI=1S/C16H21FN4O2/c1-11(2)21-10-13(9-19-21)20-16(22)18-8-12(3)23-15-7-5-4-6-14(15)17/h4-7,9-12H,8H2,1-3H3,(H2,18,20,22)/t12-/m0/s1. The van der Waals surface area contributed by atoms with Crippen molar-refractivity contribution in [2.45, 2.75) is 32.9 Å². The Kier molecular flexibility index (Phi) is 5.56. The first-order chi connectivity index (χ1) is 11.0. The van der Waals surface area contributed by atoms with E-state index in [0.29, 0.717) is 5.69 Å². The quantitative estimate of drug-likeness (QED) is 0.859. The van der Waals surface area contributed by atoms with Crippen LogP contribution in [0, 0.1) is 5.82 Å². The molecule has 6 nitrogen and oxygen atoms in total. The topological polar surface area (TPSA) is 68.2 Å². The molecule has 23 heavy (non-hydrogen) atoms. The van der Waals surface area contributed by atoms with Crippen molar-refractivity contribution in [1.82, 2.24) is 15.1 Å². The number of para-hydroxylation sites is 1. The molecule has 0 radical (unpaired) electrons. The van der Waals surface area contributed by atoms with Gasteiger partial charge in [0.25, 0.3) is 0 Å². The number of anilines is 1. The average Bonchev–Trinajstić information content (AvgIpc) is 2.96. The van der Waals surface area contributed by atoms with Gasteiger partial charge in [-0.2, -0.15) is 5.10 Å². The van der Waals surface area contributed by atoms with Gasteiger partial charge in [-0.25, -0.2) is 9.18 Å². The highest BCUT2D eigenvalue weighted by Crippen LogP contribution is 2.16. The Morgan fingerprint density at radius 1 is 1.35 bits per heavy atom. The van der Waals surface area contributed by atoms with Gasteiger partial charge in [0.05, 0.1) is 18.4 Å². The number of halogens is 1. The monoisotopic (exact) mass is 320 g/mol. The molecule has 0 aliphatic carbocycles. The Labute approximate surface area is 134 Å². The second kappa shape index (κ2) is 7.62. The third kappa shape index (κ3) is 4.98. The summed E-state index contributed by atoms with van der Waals surface area (Å²) in [6.45, 7) is 6.00. The molecule has 1 heterocycles. The molecule has 124 valence electrons. The summed E-state index contributed by atoms with van der Waals surface area (Å²) in [5, 5.41) is 9.50. The highest BCUT2D eigenvalue weighted by atomic mass is 19.1. The number of amides is 2. The van der Waals surface area contributed by atoms with Crippen LogP contribution in [0.3, 0.4) is 0 Å². The fraction of sp³-hybridized carbons (Fsp3) is 0.375. The number of hydrogen-bond donors (Lipinski definition) is 2. The molecule has 7 heteroatoms. The Morgan fingerprint density at radius 2 is 2.09 bits per heavy atom. The van der Waals surface area contributed by atoms with Crippen molar-refractivity contribution < 1.29 is 13.9 Å². The summed E-state index contributed by atoms with van der Waals surface area (Å²) in [7, 11) is 0. The lowest BCUT2D eigenvalue weighted by Gasteiger charge is -2.16. The van der Waals surface area contributed by atoms with Crippen LogP contribution in [0.1, 0.15) is 26.8 Å². The van der Waals surface area contributed by atoms with Crippen molar-refractivity contribution in [3.05, 3.63) is 42.5 Å². The summed E-state index contributed by atoms with van der Waals surface area (Å²) in [4.78, 5) is 11.8. The van der Waals surface area contributed by atoms with Crippen LogP contribution in [0.25, 0.3) is 0 Å². The van der Waals surface area contributed by atoms with Crippen molar-refractivity contribution >= 4 is 11.7 Å². The fourth-order valence-corrected chi connectivity index (χ4v) is 1.90. The van der Waals surface area contributed by atoms with Gasteiger partial charge in [0.2, 0.25) is 0 Å². The number of nitrogens with one attached hydrogen (secondary N) is 2. The summed E-state index contributed by atoms with van der Waals surface area (Å²) in [5.41, 5.74) is 0.610. The summed E-state index contributed by atoms with van der Waals surface area (Å²) in [6.07, 6.45) is 2.97. The lowest BCUT2D eigenvalue weighted by Crippen LogP contribution is -2.36. The third-order valence-corrected chi connectivity index (χ3v) is 3.10. The van der Waals surface area contributed by atoms with Crippen molar-refractivity contribution in [3.8, 4) is 5.75 Å². The summed E-state index contributed by atoms with van der Waals surface area (Å²) < 4.78 is 20.7. The highest BCUT2D eigenvalue weighted by Gasteiger charge is 2.10. The van der Waals surface area contributed by atoms with Crippen molar-refractivity contribution in [3.63, 3.8) is 0 Å². The number of aromatic nitrogens is 2. The number of nitrogens with zero attached hydrogens (tertiary/aromatic N) is 2. The van der Waals surface area contributed by atoms with Crippen LogP contribution >= 0.6 is 0 Å².